The van der Waals surface area contributed by atoms with Crippen molar-refractivity contribution in [2.45, 2.75) is 18.6 Å². The van der Waals surface area contributed by atoms with Gasteiger partial charge in [0.25, 0.3) is 0 Å². The summed E-state index contributed by atoms with van der Waals surface area (Å²) < 4.78 is 55.5. The van der Waals surface area contributed by atoms with E-state index in [1.807, 2.05) is 0 Å². The van der Waals surface area contributed by atoms with Crippen LogP contribution in [0.3, 0.4) is 0 Å². The minimum Gasteiger partial charge on any atom is -0.322 e. The second kappa shape index (κ2) is 7.25. The molecule has 9 heteroatoms. The fourth-order valence-corrected chi connectivity index (χ4v) is 3.21. The zero-order valence-electron chi connectivity index (χ0n) is 14.9. The average molecular weight is 401 g/mol. The summed E-state index contributed by atoms with van der Waals surface area (Å²) in [4.78, 5) is 8.22. The lowest BCUT2D eigenvalue weighted by molar-refractivity contribution is -0.140. The maximum Gasteiger partial charge on any atom is 0.435 e. The Morgan fingerprint density at radius 1 is 0.966 bits per heavy atom. The topological polar surface area (TPSA) is 69.6 Å². The largest absolute Gasteiger partial charge is 0.435 e. The zero-order valence-corrected chi connectivity index (χ0v) is 14.9. The Labute approximate surface area is 162 Å². The Balaban J connectivity index is 1.83. The molecule has 0 aliphatic rings. The quantitative estimate of drug-likeness (QED) is 0.520. The van der Waals surface area contributed by atoms with Crippen LogP contribution in [0.5, 0.6) is 0 Å². The number of benzene rings is 1. The first-order valence-electron chi connectivity index (χ1n) is 8.71. The van der Waals surface area contributed by atoms with Crippen LogP contribution in [-0.2, 0) is 12.6 Å². The summed E-state index contributed by atoms with van der Waals surface area (Å²) in [7, 11) is 0. The molecule has 1 aromatic carbocycles. The van der Waals surface area contributed by atoms with Gasteiger partial charge in [0.05, 0.1) is 28.6 Å². The summed E-state index contributed by atoms with van der Waals surface area (Å²) in [6.45, 7) is 0. The second-order valence-electron chi connectivity index (χ2n) is 6.43. The molecule has 3 aromatic heterocycles. The van der Waals surface area contributed by atoms with Crippen LogP contribution < -0.4 is 5.73 Å². The first kappa shape index (κ1) is 19.0. The van der Waals surface area contributed by atoms with Crippen molar-refractivity contribution in [2.75, 3.05) is 0 Å². The van der Waals surface area contributed by atoms with Gasteiger partial charge >= 0.3 is 6.18 Å². The molecule has 0 unspecified atom stereocenters. The number of hydrogen-bond acceptors (Lipinski definition) is 4. The van der Waals surface area contributed by atoms with Gasteiger partial charge in [0.15, 0.2) is 5.69 Å². The fraction of sp³-hybridized carbons (Fsp3) is 0.150. The molecule has 0 amide bonds. The molecule has 148 valence electrons. The van der Waals surface area contributed by atoms with Gasteiger partial charge in [-0.25, -0.2) is 9.07 Å². The van der Waals surface area contributed by atoms with Gasteiger partial charge in [-0.3, -0.25) is 9.97 Å². The number of alkyl halides is 3. The normalized spacial score (nSPS) is 13.0. The molecule has 0 aliphatic carbocycles. The number of nitrogens with two attached hydrogens (primary N) is 1. The number of para-hydroxylation sites is 1. The van der Waals surface area contributed by atoms with Crippen molar-refractivity contribution < 1.29 is 17.6 Å². The van der Waals surface area contributed by atoms with Crippen LogP contribution in [-0.4, -0.2) is 19.7 Å². The number of rotatable bonds is 4. The number of halogens is 4. The third-order valence-corrected chi connectivity index (χ3v) is 4.50. The van der Waals surface area contributed by atoms with E-state index in [1.54, 1.807) is 18.2 Å². The highest BCUT2D eigenvalue weighted by atomic mass is 19.4. The third kappa shape index (κ3) is 3.56. The van der Waals surface area contributed by atoms with Gasteiger partial charge < -0.3 is 5.73 Å². The molecule has 0 bridgehead atoms. The van der Waals surface area contributed by atoms with Crippen molar-refractivity contribution in [3.63, 3.8) is 0 Å². The van der Waals surface area contributed by atoms with E-state index in [4.69, 9.17) is 5.73 Å². The molecule has 2 N–H and O–H groups in total. The minimum absolute atomic E-state index is 0.0286. The van der Waals surface area contributed by atoms with Crippen LogP contribution in [0.1, 0.15) is 23.1 Å². The van der Waals surface area contributed by atoms with Crippen molar-refractivity contribution in [3.05, 3.63) is 83.8 Å². The highest BCUT2D eigenvalue weighted by molar-refractivity contribution is 5.84. The minimum atomic E-state index is -4.62. The van der Waals surface area contributed by atoms with Gasteiger partial charge in [-0.05, 0) is 30.3 Å². The molecule has 5 nitrogen and oxygen atoms in total. The van der Waals surface area contributed by atoms with E-state index in [2.05, 4.69) is 15.1 Å². The molecule has 0 saturated heterocycles. The zero-order chi connectivity index (χ0) is 20.6. The highest BCUT2D eigenvalue weighted by Gasteiger charge is 2.37. The van der Waals surface area contributed by atoms with Crippen molar-refractivity contribution in [1.82, 2.24) is 19.7 Å². The standard InChI is InChI=1S/C20H15F4N5/c21-13-6-3-9-26-15(13)11-14(25)18-17(8-4-10-27-18)29-16-7-2-1-5-12(16)19(28-29)20(22,23)24/h1-10,14H,11,25H2/t14-/m0/s1. The Hall–Kier alpha value is -3.33. The fourth-order valence-electron chi connectivity index (χ4n) is 3.21. The average Bonchev–Trinajstić information content (AvgIpc) is 3.10. The van der Waals surface area contributed by atoms with Crippen LogP contribution >= 0.6 is 0 Å². The Bertz CT molecular complexity index is 1170. The van der Waals surface area contributed by atoms with Gasteiger partial charge in [0, 0.05) is 24.2 Å². The van der Waals surface area contributed by atoms with Gasteiger partial charge in [-0.15, -0.1) is 0 Å². The molecule has 1 atom stereocenters. The lowest BCUT2D eigenvalue weighted by Gasteiger charge is -2.16. The Kier molecular flexibility index (Phi) is 4.75. The third-order valence-electron chi connectivity index (χ3n) is 4.50. The maximum absolute atomic E-state index is 14.0. The molecular formula is C20H15F4N5. The van der Waals surface area contributed by atoms with E-state index >= 15 is 0 Å². The molecule has 3 heterocycles. The summed E-state index contributed by atoms with van der Waals surface area (Å²) in [5.74, 6) is -0.510. The number of nitrogens with zero attached hydrogens (tertiary/aromatic N) is 4. The number of fused-ring (bicyclic) bond motifs is 1. The monoisotopic (exact) mass is 401 g/mol. The first-order valence-corrected chi connectivity index (χ1v) is 8.71. The summed E-state index contributed by atoms with van der Waals surface area (Å²) in [5, 5.41) is 3.78. The molecule has 0 spiro atoms. The van der Waals surface area contributed by atoms with Gasteiger partial charge in [-0.1, -0.05) is 18.2 Å². The molecule has 4 aromatic rings. The maximum atomic E-state index is 14.0. The Morgan fingerprint density at radius 2 is 1.69 bits per heavy atom. The van der Waals surface area contributed by atoms with E-state index in [0.717, 1.165) is 0 Å². The van der Waals surface area contributed by atoms with Crippen LogP contribution in [0.4, 0.5) is 17.6 Å². The SMILES string of the molecule is N[C@@H](Cc1ncccc1F)c1ncccc1-n1nc(C(F)(F)F)c2ccccc21. The van der Waals surface area contributed by atoms with Crippen LogP contribution in [0.2, 0.25) is 0 Å². The lowest BCUT2D eigenvalue weighted by atomic mass is 10.1. The predicted octanol–water partition coefficient (Wildman–Crippen LogP) is 4.22. The summed E-state index contributed by atoms with van der Waals surface area (Å²) >= 11 is 0. The Morgan fingerprint density at radius 3 is 2.45 bits per heavy atom. The smallest absolute Gasteiger partial charge is 0.322 e. The van der Waals surface area contributed by atoms with Gasteiger partial charge in [-0.2, -0.15) is 18.3 Å². The van der Waals surface area contributed by atoms with Gasteiger partial charge in [0.1, 0.15) is 5.82 Å². The molecular weight excluding hydrogens is 386 g/mol. The summed E-state index contributed by atoms with van der Waals surface area (Å²) in [6, 6.07) is 11.1. The summed E-state index contributed by atoms with van der Waals surface area (Å²) in [5.41, 5.74) is 6.25. The van der Waals surface area contributed by atoms with E-state index in [1.165, 1.54) is 47.4 Å². The second-order valence-corrected chi connectivity index (χ2v) is 6.43. The molecule has 29 heavy (non-hydrogen) atoms. The van der Waals surface area contributed by atoms with Crippen molar-refractivity contribution >= 4 is 10.9 Å². The van der Waals surface area contributed by atoms with Crippen LogP contribution in [0.15, 0.2) is 60.9 Å². The first-order chi connectivity index (χ1) is 13.9. The number of hydrogen-bond donors (Lipinski definition) is 1. The summed E-state index contributed by atoms with van der Waals surface area (Å²) in [6.07, 6.45) is -1.67. The van der Waals surface area contributed by atoms with Gasteiger partial charge in [0.2, 0.25) is 0 Å². The lowest BCUT2D eigenvalue weighted by Crippen LogP contribution is -2.19. The van der Waals surface area contributed by atoms with E-state index in [-0.39, 0.29) is 23.0 Å². The molecule has 0 saturated carbocycles. The molecule has 0 radical (unpaired) electrons. The van der Waals surface area contributed by atoms with Crippen molar-refractivity contribution in [1.29, 1.82) is 0 Å². The van der Waals surface area contributed by atoms with Crippen LogP contribution in [0, 0.1) is 5.82 Å². The van der Waals surface area contributed by atoms with Crippen LogP contribution in [0.25, 0.3) is 16.6 Å². The number of pyridine rings is 2. The molecule has 4 rings (SSSR count). The van der Waals surface area contributed by atoms with E-state index in [0.29, 0.717) is 11.4 Å². The predicted molar refractivity (Wildman–Crippen MR) is 98.7 cm³/mol. The molecule has 0 fully saturated rings. The van der Waals surface area contributed by atoms with E-state index < -0.39 is 23.7 Å². The van der Waals surface area contributed by atoms with Crippen molar-refractivity contribution in [2.24, 2.45) is 5.73 Å². The molecule has 0 aliphatic heterocycles. The number of aromatic nitrogens is 4. The van der Waals surface area contributed by atoms with E-state index in [9.17, 15) is 17.6 Å². The van der Waals surface area contributed by atoms with Crippen molar-refractivity contribution in [3.8, 4) is 5.69 Å². The highest BCUT2D eigenvalue weighted by Crippen LogP contribution is 2.35.